The number of nitro groups is 1. The summed E-state index contributed by atoms with van der Waals surface area (Å²) in [7, 11) is 0. The Kier molecular flexibility index (Phi) is 12.4. The molecule has 7 heteroatoms. The molecule has 2 rings (SSSR count). The number of benzene rings is 2. The van der Waals surface area contributed by atoms with Crippen molar-refractivity contribution in [2.24, 2.45) is 0 Å². The number of amides is 1. The lowest BCUT2D eigenvalue weighted by Gasteiger charge is -2.18. The van der Waals surface area contributed by atoms with Crippen LogP contribution in [0.4, 0.5) is 5.69 Å². The summed E-state index contributed by atoms with van der Waals surface area (Å²) in [6.07, 6.45) is 11.2. The summed E-state index contributed by atoms with van der Waals surface area (Å²) >= 11 is 0. The average Bonchev–Trinajstić information content (AvgIpc) is 2.83. The van der Waals surface area contributed by atoms with E-state index >= 15 is 0 Å². The number of carbonyl (C=O) groups excluding carboxylic acids is 2. The van der Waals surface area contributed by atoms with E-state index in [0.717, 1.165) is 24.8 Å². The molecule has 0 aliphatic heterocycles. The number of nitro benzene ring substituents is 1. The van der Waals surface area contributed by atoms with Crippen LogP contribution in [0.25, 0.3) is 0 Å². The molecule has 0 aromatic heterocycles. The Bertz CT molecular complexity index is 884. The van der Waals surface area contributed by atoms with Gasteiger partial charge in [0.15, 0.2) is 0 Å². The predicted molar refractivity (Wildman–Crippen MR) is 133 cm³/mol. The Morgan fingerprint density at radius 1 is 0.882 bits per heavy atom. The Labute approximate surface area is 202 Å². The van der Waals surface area contributed by atoms with E-state index in [1.807, 2.05) is 30.3 Å². The molecular formula is C27H36N2O5. The van der Waals surface area contributed by atoms with Crippen molar-refractivity contribution >= 4 is 17.6 Å². The fraction of sp³-hybridized carbons (Fsp3) is 0.481. The Morgan fingerprint density at radius 2 is 1.47 bits per heavy atom. The standard InChI is InChI=1S/C27H36N2O5/c1-2-3-4-5-6-7-8-9-13-16-26(30)28-25(21-22-14-11-10-12-15-22)27(31)34-24-19-17-23(18-20-24)29(32)33/h10-12,14-15,17-20,25H,2-9,13,16,21H2,1H3,(H,28,30)/t25-/m0/s1. The molecule has 0 fully saturated rings. The molecule has 2 aromatic rings. The van der Waals surface area contributed by atoms with Crippen molar-refractivity contribution in [3.8, 4) is 5.75 Å². The number of rotatable bonds is 16. The Hall–Kier alpha value is -3.22. The second-order valence-corrected chi connectivity index (χ2v) is 8.56. The number of carbonyl (C=O) groups is 2. The number of nitrogens with one attached hydrogen (secondary N) is 1. The quantitative estimate of drug-likeness (QED) is 0.105. The van der Waals surface area contributed by atoms with Crippen molar-refractivity contribution in [1.82, 2.24) is 5.32 Å². The van der Waals surface area contributed by atoms with Crippen molar-refractivity contribution in [2.75, 3.05) is 0 Å². The average molecular weight is 469 g/mol. The normalized spacial score (nSPS) is 11.6. The molecule has 0 unspecified atom stereocenters. The molecule has 0 radical (unpaired) electrons. The van der Waals surface area contributed by atoms with Gasteiger partial charge in [-0.2, -0.15) is 0 Å². The summed E-state index contributed by atoms with van der Waals surface area (Å²) in [4.78, 5) is 35.7. The Balaban J connectivity index is 1.84. The lowest BCUT2D eigenvalue weighted by atomic mass is 10.0. The highest BCUT2D eigenvalue weighted by atomic mass is 16.6. The van der Waals surface area contributed by atoms with Crippen LogP contribution in [0.5, 0.6) is 5.75 Å². The number of hydrogen-bond acceptors (Lipinski definition) is 5. The van der Waals surface area contributed by atoms with Crippen molar-refractivity contribution in [1.29, 1.82) is 0 Å². The fourth-order valence-corrected chi connectivity index (χ4v) is 3.73. The minimum atomic E-state index is -0.844. The molecule has 0 aliphatic rings. The third-order valence-electron chi connectivity index (χ3n) is 5.68. The first-order valence-corrected chi connectivity index (χ1v) is 12.3. The molecule has 0 aliphatic carbocycles. The van der Waals surface area contributed by atoms with E-state index in [-0.39, 0.29) is 17.3 Å². The highest BCUT2D eigenvalue weighted by Crippen LogP contribution is 2.18. The molecular weight excluding hydrogens is 432 g/mol. The highest BCUT2D eigenvalue weighted by Gasteiger charge is 2.23. The van der Waals surface area contributed by atoms with Gasteiger partial charge in [-0.1, -0.05) is 88.6 Å². The fourth-order valence-electron chi connectivity index (χ4n) is 3.73. The zero-order valence-electron chi connectivity index (χ0n) is 20.0. The van der Waals surface area contributed by atoms with Gasteiger partial charge in [-0.15, -0.1) is 0 Å². The summed E-state index contributed by atoms with van der Waals surface area (Å²) in [6, 6.07) is 13.9. The van der Waals surface area contributed by atoms with Crippen LogP contribution in [0.1, 0.15) is 76.7 Å². The number of nitrogens with zero attached hydrogens (tertiary/aromatic N) is 1. The van der Waals surface area contributed by atoms with Gasteiger partial charge in [-0.3, -0.25) is 14.9 Å². The van der Waals surface area contributed by atoms with Crippen LogP contribution in [-0.2, 0) is 16.0 Å². The van der Waals surface area contributed by atoms with Crippen molar-refractivity contribution < 1.29 is 19.2 Å². The molecule has 0 saturated carbocycles. The number of unbranched alkanes of at least 4 members (excludes halogenated alkanes) is 8. The molecule has 7 nitrogen and oxygen atoms in total. The van der Waals surface area contributed by atoms with Crippen LogP contribution in [-0.4, -0.2) is 22.8 Å². The molecule has 1 N–H and O–H groups in total. The first-order valence-electron chi connectivity index (χ1n) is 12.3. The van der Waals surface area contributed by atoms with Gasteiger partial charge < -0.3 is 10.1 Å². The summed E-state index contributed by atoms with van der Waals surface area (Å²) in [6.45, 7) is 2.21. The maximum absolute atomic E-state index is 12.8. The molecule has 2 aromatic carbocycles. The van der Waals surface area contributed by atoms with Gasteiger partial charge in [0.2, 0.25) is 5.91 Å². The van der Waals surface area contributed by atoms with Crippen LogP contribution in [0.2, 0.25) is 0 Å². The van der Waals surface area contributed by atoms with Gasteiger partial charge in [-0.25, -0.2) is 4.79 Å². The van der Waals surface area contributed by atoms with Gasteiger partial charge in [0.25, 0.3) is 5.69 Å². The first kappa shape index (κ1) is 27.0. The van der Waals surface area contributed by atoms with Crippen LogP contribution in [0, 0.1) is 10.1 Å². The zero-order valence-corrected chi connectivity index (χ0v) is 20.0. The second kappa shape index (κ2) is 15.6. The highest BCUT2D eigenvalue weighted by molar-refractivity contribution is 5.85. The van der Waals surface area contributed by atoms with E-state index in [0.29, 0.717) is 12.8 Å². The summed E-state index contributed by atoms with van der Waals surface area (Å²) < 4.78 is 5.41. The van der Waals surface area contributed by atoms with Gasteiger partial charge >= 0.3 is 5.97 Å². The number of ether oxygens (including phenoxy) is 1. The van der Waals surface area contributed by atoms with Crippen molar-refractivity contribution in [3.63, 3.8) is 0 Å². The Morgan fingerprint density at radius 3 is 2.06 bits per heavy atom. The van der Waals surface area contributed by atoms with Gasteiger partial charge in [0, 0.05) is 25.0 Å². The molecule has 0 bridgehead atoms. The third kappa shape index (κ3) is 10.6. The molecule has 1 atom stereocenters. The molecule has 1 amide bonds. The monoisotopic (exact) mass is 468 g/mol. The van der Waals surface area contributed by atoms with Gasteiger partial charge in [0.05, 0.1) is 4.92 Å². The van der Waals surface area contributed by atoms with E-state index in [2.05, 4.69) is 12.2 Å². The minimum Gasteiger partial charge on any atom is -0.425 e. The first-order chi connectivity index (χ1) is 16.5. The number of esters is 1. The smallest absolute Gasteiger partial charge is 0.334 e. The largest absolute Gasteiger partial charge is 0.425 e. The second-order valence-electron chi connectivity index (χ2n) is 8.56. The van der Waals surface area contributed by atoms with Crippen molar-refractivity contribution in [2.45, 2.75) is 83.6 Å². The molecule has 0 spiro atoms. The van der Waals surface area contributed by atoms with E-state index in [9.17, 15) is 19.7 Å². The van der Waals surface area contributed by atoms with Gasteiger partial charge in [0.1, 0.15) is 11.8 Å². The zero-order chi connectivity index (χ0) is 24.6. The third-order valence-corrected chi connectivity index (χ3v) is 5.68. The van der Waals surface area contributed by atoms with Crippen LogP contribution in [0.3, 0.4) is 0 Å². The number of hydrogen-bond donors (Lipinski definition) is 1. The SMILES string of the molecule is CCCCCCCCCCCC(=O)N[C@@H](Cc1ccccc1)C(=O)Oc1ccc([N+](=O)[O-])cc1. The van der Waals surface area contributed by atoms with E-state index in [1.165, 1.54) is 62.8 Å². The molecule has 34 heavy (non-hydrogen) atoms. The lowest BCUT2D eigenvalue weighted by Crippen LogP contribution is -2.44. The van der Waals surface area contributed by atoms with Crippen LogP contribution >= 0.6 is 0 Å². The molecule has 0 saturated heterocycles. The van der Waals surface area contributed by atoms with Crippen molar-refractivity contribution in [3.05, 3.63) is 70.3 Å². The van der Waals surface area contributed by atoms with Crippen LogP contribution < -0.4 is 10.1 Å². The maximum atomic E-state index is 12.8. The van der Waals surface area contributed by atoms with Gasteiger partial charge in [-0.05, 0) is 24.1 Å². The van der Waals surface area contributed by atoms with E-state index in [1.54, 1.807) is 0 Å². The molecule has 184 valence electrons. The summed E-state index contributed by atoms with van der Waals surface area (Å²) in [5, 5.41) is 13.6. The summed E-state index contributed by atoms with van der Waals surface area (Å²) in [5.41, 5.74) is 0.811. The van der Waals surface area contributed by atoms with E-state index < -0.39 is 16.9 Å². The topological polar surface area (TPSA) is 98.5 Å². The predicted octanol–water partition coefficient (Wildman–Crippen LogP) is 6.15. The number of non-ortho nitro benzene ring substituents is 1. The van der Waals surface area contributed by atoms with E-state index in [4.69, 9.17) is 4.74 Å². The molecule has 0 heterocycles. The minimum absolute atomic E-state index is 0.0881. The summed E-state index contributed by atoms with van der Waals surface area (Å²) in [5.74, 6) is -0.579. The maximum Gasteiger partial charge on any atom is 0.334 e. The lowest BCUT2D eigenvalue weighted by molar-refractivity contribution is -0.384. The van der Waals surface area contributed by atoms with Crippen LogP contribution in [0.15, 0.2) is 54.6 Å².